The molecule has 0 saturated heterocycles. The smallest absolute Gasteiger partial charge is 0.251 e. The summed E-state index contributed by atoms with van der Waals surface area (Å²) in [4.78, 5) is 12.1. The van der Waals surface area contributed by atoms with E-state index in [1.165, 1.54) is 5.56 Å². The maximum absolute atomic E-state index is 12.1. The Balaban J connectivity index is 1.68. The Labute approximate surface area is 123 Å². The number of benzene rings is 2. The van der Waals surface area contributed by atoms with Crippen LogP contribution in [0.25, 0.3) is 0 Å². The quantitative estimate of drug-likeness (QED) is 0.909. The van der Waals surface area contributed by atoms with Crippen LogP contribution < -0.4 is 5.32 Å². The van der Waals surface area contributed by atoms with Crippen molar-refractivity contribution in [1.82, 2.24) is 5.32 Å². The third-order valence-electron chi connectivity index (χ3n) is 3.91. The lowest BCUT2D eigenvalue weighted by Gasteiger charge is -2.17. The van der Waals surface area contributed by atoms with Crippen LogP contribution in [-0.2, 0) is 5.41 Å². The summed E-state index contributed by atoms with van der Waals surface area (Å²) in [5.74, 6) is -0.0149. The van der Waals surface area contributed by atoms with Gasteiger partial charge < -0.3 is 5.32 Å². The summed E-state index contributed by atoms with van der Waals surface area (Å²) in [7, 11) is 0. The van der Waals surface area contributed by atoms with Gasteiger partial charge in [-0.05, 0) is 42.7 Å². The second-order valence-electron chi connectivity index (χ2n) is 5.34. The van der Waals surface area contributed by atoms with E-state index in [1.54, 1.807) is 0 Å². The average molecular weight is 286 g/mol. The van der Waals surface area contributed by atoms with Crippen molar-refractivity contribution in [3.8, 4) is 0 Å². The molecule has 0 aromatic heterocycles. The lowest BCUT2D eigenvalue weighted by molar-refractivity contribution is 0.0949. The van der Waals surface area contributed by atoms with Crippen LogP contribution in [0.5, 0.6) is 0 Å². The molecular weight excluding hydrogens is 270 g/mol. The molecule has 0 unspecified atom stereocenters. The predicted molar refractivity (Wildman–Crippen MR) is 81.1 cm³/mol. The molecule has 3 rings (SSSR count). The molecule has 0 heterocycles. The number of hydrogen-bond acceptors (Lipinski definition) is 1. The van der Waals surface area contributed by atoms with Gasteiger partial charge >= 0.3 is 0 Å². The van der Waals surface area contributed by atoms with Crippen LogP contribution in [0.2, 0.25) is 5.02 Å². The van der Waals surface area contributed by atoms with Crippen molar-refractivity contribution < 1.29 is 4.79 Å². The van der Waals surface area contributed by atoms with E-state index in [2.05, 4.69) is 11.4 Å². The molecule has 1 fully saturated rings. The largest absolute Gasteiger partial charge is 0.351 e. The van der Waals surface area contributed by atoms with Gasteiger partial charge in [-0.15, -0.1) is 0 Å². The van der Waals surface area contributed by atoms with Crippen LogP contribution in [0.4, 0.5) is 0 Å². The van der Waals surface area contributed by atoms with E-state index in [4.69, 9.17) is 11.6 Å². The topological polar surface area (TPSA) is 29.1 Å². The van der Waals surface area contributed by atoms with Gasteiger partial charge in [-0.2, -0.15) is 0 Å². The lowest BCUT2D eigenvalue weighted by atomic mass is 9.96. The van der Waals surface area contributed by atoms with Crippen LogP contribution >= 0.6 is 11.6 Å². The normalized spacial score (nSPS) is 15.7. The van der Waals surface area contributed by atoms with Crippen molar-refractivity contribution in [3.63, 3.8) is 0 Å². The molecule has 1 amide bonds. The Morgan fingerprint density at radius 3 is 2.50 bits per heavy atom. The molecule has 2 nitrogen and oxygen atoms in total. The standard InChI is InChI=1S/C17H16ClNO/c18-15-8-4-7-14(11-15)17(9-10-17)12-19-16(20)13-5-2-1-3-6-13/h1-8,11H,9-10,12H2,(H,19,20). The van der Waals surface area contributed by atoms with Gasteiger partial charge in [0, 0.05) is 22.5 Å². The first kappa shape index (κ1) is 13.2. The Kier molecular flexibility index (Phi) is 3.49. The molecule has 1 N–H and O–H groups in total. The third-order valence-corrected chi connectivity index (χ3v) is 4.15. The van der Waals surface area contributed by atoms with Gasteiger partial charge in [0.2, 0.25) is 0 Å². The van der Waals surface area contributed by atoms with Gasteiger partial charge in [0.05, 0.1) is 0 Å². The molecule has 2 aromatic rings. The van der Waals surface area contributed by atoms with E-state index >= 15 is 0 Å². The van der Waals surface area contributed by atoms with E-state index in [0.717, 1.165) is 17.9 Å². The Morgan fingerprint density at radius 2 is 1.85 bits per heavy atom. The molecular formula is C17H16ClNO. The summed E-state index contributed by atoms with van der Waals surface area (Å²) in [5, 5.41) is 3.79. The van der Waals surface area contributed by atoms with Gasteiger partial charge in [0.25, 0.3) is 5.91 Å². The molecule has 0 radical (unpaired) electrons. The number of nitrogens with one attached hydrogen (secondary N) is 1. The number of amides is 1. The molecule has 0 spiro atoms. The highest BCUT2D eigenvalue weighted by molar-refractivity contribution is 6.30. The summed E-state index contributed by atoms with van der Waals surface area (Å²) < 4.78 is 0. The van der Waals surface area contributed by atoms with Crippen LogP contribution in [0.3, 0.4) is 0 Å². The first-order chi connectivity index (χ1) is 9.70. The Morgan fingerprint density at radius 1 is 1.10 bits per heavy atom. The first-order valence-electron chi connectivity index (χ1n) is 6.79. The van der Waals surface area contributed by atoms with Gasteiger partial charge in [-0.1, -0.05) is 41.9 Å². The maximum atomic E-state index is 12.1. The lowest BCUT2D eigenvalue weighted by Crippen LogP contribution is -2.32. The van der Waals surface area contributed by atoms with Crippen molar-refractivity contribution in [2.45, 2.75) is 18.3 Å². The van der Waals surface area contributed by atoms with Crippen molar-refractivity contribution in [1.29, 1.82) is 0 Å². The second kappa shape index (κ2) is 5.29. The zero-order chi connectivity index (χ0) is 14.0. The summed E-state index contributed by atoms with van der Waals surface area (Å²) in [6.07, 6.45) is 2.20. The zero-order valence-corrected chi connectivity index (χ0v) is 11.9. The van der Waals surface area contributed by atoms with Gasteiger partial charge in [0.15, 0.2) is 0 Å². The minimum absolute atomic E-state index is 0.0149. The number of carbonyl (C=O) groups excluding carboxylic acids is 1. The van der Waals surface area contributed by atoms with Gasteiger partial charge in [-0.3, -0.25) is 4.79 Å². The molecule has 1 aliphatic carbocycles. The fourth-order valence-corrected chi connectivity index (χ4v) is 2.67. The third kappa shape index (κ3) is 2.70. The van der Waals surface area contributed by atoms with Crippen LogP contribution in [0.15, 0.2) is 54.6 Å². The Hall–Kier alpha value is -1.80. The fourth-order valence-electron chi connectivity index (χ4n) is 2.48. The summed E-state index contributed by atoms with van der Waals surface area (Å²) in [6, 6.07) is 17.3. The van der Waals surface area contributed by atoms with E-state index in [-0.39, 0.29) is 11.3 Å². The first-order valence-corrected chi connectivity index (χ1v) is 7.17. The van der Waals surface area contributed by atoms with Crippen LogP contribution in [-0.4, -0.2) is 12.5 Å². The number of halogens is 1. The van der Waals surface area contributed by atoms with Crippen molar-refractivity contribution in [2.75, 3.05) is 6.54 Å². The zero-order valence-electron chi connectivity index (χ0n) is 11.1. The summed E-state index contributed by atoms with van der Waals surface area (Å²) in [6.45, 7) is 0.668. The monoisotopic (exact) mass is 285 g/mol. The van der Waals surface area contributed by atoms with E-state index in [1.807, 2.05) is 48.5 Å². The van der Waals surface area contributed by atoms with E-state index < -0.39 is 0 Å². The van der Waals surface area contributed by atoms with Crippen LogP contribution in [0.1, 0.15) is 28.8 Å². The summed E-state index contributed by atoms with van der Waals surface area (Å²) in [5.41, 5.74) is 2.00. The van der Waals surface area contributed by atoms with Gasteiger partial charge in [0.1, 0.15) is 0 Å². The minimum atomic E-state index is -0.0149. The molecule has 0 atom stereocenters. The molecule has 0 aliphatic heterocycles. The SMILES string of the molecule is O=C(NCC1(c2cccc(Cl)c2)CC1)c1ccccc1. The van der Waals surface area contributed by atoms with Crippen LogP contribution in [0, 0.1) is 0 Å². The minimum Gasteiger partial charge on any atom is -0.351 e. The van der Waals surface area contributed by atoms with E-state index in [0.29, 0.717) is 12.1 Å². The average Bonchev–Trinajstić information content (AvgIpc) is 3.27. The highest BCUT2D eigenvalue weighted by atomic mass is 35.5. The van der Waals surface area contributed by atoms with Crippen molar-refractivity contribution in [3.05, 3.63) is 70.7 Å². The van der Waals surface area contributed by atoms with Gasteiger partial charge in [-0.25, -0.2) is 0 Å². The molecule has 2 aromatic carbocycles. The van der Waals surface area contributed by atoms with Crippen molar-refractivity contribution >= 4 is 17.5 Å². The fraction of sp³-hybridized carbons (Fsp3) is 0.235. The van der Waals surface area contributed by atoms with E-state index in [9.17, 15) is 4.79 Å². The Bertz CT molecular complexity index is 620. The predicted octanol–water partition coefficient (Wildman–Crippen LogP) is 3.80. The number of carbonyl (C=O) groups is 1. The molecule has 3 heteroatoms. The number of rotatable bonds is 4. The molecule has 1 aliphatic rings. The molecule has 1 saturated carbocycles. The highest BCUT2D eigenvalue weighted by Gasteiger charge is 2.44. The highest BCUT2D eigenvalue weighted by Crippen LogP contribution is 2.48. The second-order valence-corrected chi connectivity index (χ2v) is 5.78. The number of hydrogen-bond donors (Lipinski definition) is 1. The van der Waals surface area contributed by atoms with Crippen molar-refractivity contribution in [2.24, 2.45) is 0 Å². The molecule has 0 bridgehead atoms. The maximum Gasteiger partial charge on any atom is 0.251 e. The molecule has 20 heavy (non-hydrogen) atoms. The molecule has 102 valence electrons. The summed E-state index contributed by atoms with van der Waals surface area (Å²) >= 11 is 6.05.